The van der Waals surface area contributed by atoms with Crippen molar-refractivity contribution in [2.45, 2.75) is 31.7 Å². The summed E-state index contributed by atoms with van der Waals surface area (Å²) in [6.45, 7) is 0. The van der Waals surface area contributed by atoms with Gasteiger partial charge < -0.3 is 0 Å². The Kier molecular flexibility index (Phi) is 5.34. The van der Waals surface area contributed by atoms with Gasteiger partial charge in [-0.2, -0.15) is 0 Å². The van der Waals surface area contributed by atoms with Gasteiger partial charge in [0.15, 0.2) is 5.01 Å². The maximum atomic E-state index is 13.0. The van der Waals surface area contributed by atoms with Crippen molar-refractivity contribution >= 4 is 28.5 Å². The van der Waals surface area contributed by atoms with E-state index < -0.39 is 0 Å². The summed E-state index contributed by atoms with van der Waals surface area (Å²) >= 11 is 1.44. The standard InChI is InChI=1S/C21H20N4OS/c26-19(13-12-16-7-2-1-3-8-16)25(18-10-4-5-11-18)21-24-23-20(27-21)17-9-6-14-22-15-17/h1-3,6-9,12-15,18H,4-5,10-11H2. The zero-order chi connectivity index (χ0) is 18.5. The number of carbonyl (C=O) groups is 1. The highest BCUT2D eigenvalue weighted by atomic mass is 32.1. The largest absolute Gasteiger partial charge is 0.280 e. The van der Waals surface area contributed by atoms with Crippen molar-refractivity contribution in [2.24, 2.45) is 0 Å². The average molecular weight is 376 g/mol. The molecule has 136 valence electrons. The maximum Gasteiger partial charge on any atom is 0.253 e. The molecule has 2 aromatic heterocycles. The van der Waals surface area contributed by atoms with E-state index in [1.54, 1.807) is 18.5 Å². The van der Waals surface area contributed by atoms with Crippen LogP contribution >= 0.6 is 11.3 Å². The first-order valence-electron chi connectivity index (χ1n) is 9.11. The lowest BCUT2D eigenvalue weighted by molar-refractivity contribution is -0.114. The first kappa shape index (κ1) is 17.5. The van der Waals surface area contributed by atoms with Gasteiger partial charge in [0.05, 0.1) is 0 Å². The Morgan fingerprint density at radius 2 is 1.89 bits per heavy atom. The monoisotopic (exact) mass is 376 g/mol. The smallest absolute Gasteiger partial charge is 0.253 e. The summed E-state index contributed by atoms with van der Waals surface area (Å²) in [5, 5.41) is 10.1. The number of pyridine rings is 1. The molecule has 1 saturated carbocycles. The highest BCUT2D eigenvalue weighted by Gasteiger charge is 2.29. The van der Waals surface area contributed by atoms with Crippen LogP contribution in [0.15, 0.2) is 60.9 Å². The Labute approximate surface area is 162 Å². The number of hydrogen-bond acceptors (Lipinski definition) is 5. The number of anilines is 1. The third kappa shape index (κ3) is 4.11. The van der Waals surface area contributed by atoms with Gasteiger partial charge in [0.2, 0.25) is 5.13 Å². The predicted octanol–water partition coefficient (Wildman–Crippen LogP) is 4.59. The number of aromatic nitrogens is 3. The molecule has 0 radical (unpaired) electrons. The van der Waals surface area contributed by atoms with Gasteiger partial charge in [0.1, 0.15) is 0 Å². The Balaban J connectivity index is 1.61. The predicted molar refractivity (Wildman–Crippen MR) is 108 cm³/mol. The van der Waals surface area contributed by atoms with Gasteiger partial charge in [0.25, 0.3) is 5.91 Å². The van der Waals surface area contributed by atoms with Crippen molar-refractivity contribution in [3.8, 4) is 10.6 Å². The molecule has 1 amide bonds. The van der Waals surface area contributed by atoms with Gasteiger partial charge >= 0.3 is 0 Å². The molecule has 1 aliphatic rings. The Morgan fingerprint density at radius 1 is 1.07 bits per heavy atom. The molecular formula is C21H20N4OS. The van der Waals surface area contributed by atoms with Gasteiger partial charge in [-0.05, 0) is 36.6 Å². The molecule has 0 spiro atoms. The van der Waals surface area contributed by atoms with Crippen LogP contribution in [0.1, 0.15) is 31.2 Å². The minimum Gasteiger partial charge on any atom is -0.280 e. The van der Waals surface area contributed by atoms with E-state index in [1.165, 1.54) is 11.3 Å². The molecule has 4 rings (SSSR count). The molecule has 27 heavy (non-hydrogen) atoms. The number of carbonyl (C=O) groups excluding carboxylic acids is 1. The van der Waals surface area contributed by atoms with Crippen molar-refractivity contribution in [3.63, 3.8) is 0 Å². The molecule has 0 saturated heterocycles. The number of nitrogens with zero attached hydrogens (tertiary/aromatic N) is 4. The van der Waals surface area contributed by atoms with Crippen molar-refractivity contribution in [3.05, 3.63) is 66.5 Å². The van der Waals surface area contributed by atoms with E-state index in [2.05, 4.69) is 15.2 Å². The molecule has 5 nitrogen and oxygen atoms in total. The zero-order valence-corrected chi connectivity index (χ0v) is 15.7. The topological polar surface area (TPSA) is 59.0 Å². The number of benzene rings is 1. The van der Waals surface area contributed by atoms with Crippen LogP contribution in [0.5, 0.6) is 0 Å². The van der Waals surface area contributed by atoms with Crippen LogP contribution in [0.25, 0.3) is 16.6 Å². The van der Waals surface area contributed by atoms with Gasteiger partial charge in [-0.15, -0.1) is 10.2 Å². The molecule has 0 N–H and O–H groups in total. The van der Waals surface area contributed by atoms with E-state index in [0.717, 1.165) is 41.8 Å². The summed E-state index contributed by atoms with van der Waals surface area (Å²) in [5.74, 6) is -0.0420. The number of hydrogen-bond donors (Lipinski definition) is 0. The Bertz CT molecular complexity index is 918. The third-order valence-corrected chi connectivity index (χ3v) is 5.65. The lowest BCUT2D eigenvalue weighted by Crippen LogP contribution is -2.37. The number of rotatable bonds is 5. The quantitative estimate of drug-likeness (QED) is 0.611. The third-order valence-electron chi connectivity index (χ3n) is 4.67. The molecule has 6 heteroatoms. The van der Waals surface area contributed by atoms with E-state index in [0.29, 0.717) is 5.13 Å². The van der Waals surface area contributed by atoms with Crippen LogP contribution < -0.4 is 4.90 Å². The van der Waals surface area contributed by atoms with E-state index in [4.69, 9.17) is 0 Å². The molecule has 1 aromatic carbocycles. The fourth-order valence-corrected chi connectivity index (χ4v) is 4.24. The van der Waals surface area contributed by atoms with Crippen LogP contribution in [0, 0.1) is 0 Å². The fourth-order valence-electron chi connectivity index (χ4n) is 3.32. The van der Waals surface area contributed by atoms with Gasteiger partial charge in [-0.1, -0.05) is 54.5 Å². The summed E-state index contributed by atoms with van der Waals surface area (Å²) in [7, 11) is 0. The molecule has 2 heterocycles. The maximum absolute atomic E-state index is 13.0. The minimum atomic E-state index is -0.0420. The summed E-state index contributed by atoms with van der Waals surface area (Å²) in [6.07, 6.45) is 11.3. The molecule has 1 fully saturated rings. The molecule has 0 atom stereocenters. The molecule has 0 aliphatic heterocycles. The van der Waals surface area contributed by atoms with E-state index in [9.17, 15) is 4.79 Å². The SMILES string of the molecule is O=C(C=Cc1ccccc1)N(c1nnc(-c2cccnc2)s1)C1CCCC1. The van der Waals surface area contributed by atoms with Crippen molar-refractivity contribution in [2.75, 3.05) is 4.90 Å². The highest BCUT2D eigenvalue weighted by molar-refractivity contribution is 7.18. The molecular weight excluding hydrogens is 356 g/mol. The molecule has 0 unspecified atom stereocenters. The normalized spacial score (nSPS) is 14.7. The summed E-state index contributed by atoms with van der Waals surface area (Å²) in [5.41, 5.74) is 1.92. The molecule has 3 aromatic rings. The minimum absolute atomic E-state index is 0.0420. The van der Waals surface area contributed by atoms with Crippen molar-refractivity contribution < 1.29 is 4.79 Å². The van der Waals surface area contributed by atoms with E-state index >= 15 is 0 Å². The van der Waals surface area contributed by atoms with Crippen LogP contribution in [0.2, 0.25) is 0 Å². The van der Waals surface area contributed by atoms with Gasteiger partial charge in [-0.25, -0.2) is 0 Å². The average Bonchev–Trinajstić information content (AvgIpc) is 3.41. The Hall–Kier alpha value is -2.86. The summed E-state index contributed by atoms with van der Waals surface area (Å²) < 4.78 is 0. The van der Waals surface area contributed by atoms with Gasteiger partial charge in [0, 0.05) is 30.1 Å². The molecule has 0 bridgehead atoms. The fraction of sp³-hybridized carbons (Fsp3) is 0.238. The summed E-state index contributed by atoms with van der Waals surface area (Å²) in [6, 6.07) is 13.9. The van der Waals surface area contributed by atoms with Crippen LogP contribution in [-0.2, 0) is 4.79 Å². The lowest BCUT2D eigenvalue weighted by atomic mass is 10.2. The van der Waals surface area contributed by atoms with Crippen LogP contribution in [-0.4, -0.2) is 27.1 Å². The first-order chi connectivity index (χ1) is 13.3. The van der Waals surface area contributed by atoms with E-state index in [-0.39, 0.29) is 11.9 Å². The Morgan fingerprint density at radius 3 is 2.63 bits per heavy atom. The highest BCUT2D eigenvalue weighted by Crippen LogP contribution is 2.33. The summed E-state index contributed by atoms with van der Waals surface area (Å²) in [4.78, 5) is 19.0. The van der Waals surface area contributed by atoms with Crippen molar-refractivity contribution in [1.82, 2.24) is 15.2 Å². The lowest BCUT2D eigenvalue weighted by Gasteiger charge is -2.24. The zero-order valence-electron chi connectivity index (χ0n) is 14.9. The second-order valence-corrected chi connectivity index (χ2v) is 7.48. The second kappa shape index (κ2) is 8.22. The first-order valence-corrected chi connectivity index (χ1v) is 9.93. The molecule has 1 aliphatic carbocycles. The van der Waals surface area contributed by atoms with Crippen molar-refractivity contribution in [1.29, 1.82) is 0 Å². The van der Waals surface area contributed by atoms with Gasteiger partial charge in [-0.3, -0.25) is 14.7 Å². The van der Waals surface area contributed by atoms with E-state index in [1.807, 2.05) is 53.4 Å². The van der Waals surface area contributed by atoms with Crippen LogP contribution in [0.3, 0.4) is 0 Å². The second-order valence-electron chi connectivity index (χ2n) is 6.52. The number of amides is 1. The van der Waals surface area contributed by atoms with Crippen LogP contribution in [0.4, 0.5) is 5.13 Å².